The zero-order chi connectivity index (χ0) is 11.8. The van der Waals surface area contributed by atoms with Gasteiger partial charge < -0.3 is 9.90 Å². The molecule has 1 rings (SSSR count). The highest BCUT2D eigenvalue weighted by atomic mass is 35.5. The largest absolute Gasteiger partial charge is 0.545 e. The molecule has 1 heterocycles. The minimum Gasteiger partial charge on any atom is -0.545 e. The molecule has 0 fully saturated rings. The summed E-state index contributed by atoms with van der Waals surface area (Å²) in [5.74, 6) is -2.08. The Hall–Kier alpha value is -1.01. The third-order valence-electron chi connectivity index (χ3n) is 1.47. The Morgan fingerprint density at radius 1 is 1.40 bits per heavy atom. The van der Waals surface area contributed by atoms with E-state index in [0.29, 0.717) is 6.20 Å². The molecule has 0 saturated carbocycles. The summed E-state index contributed by atoms with van der Waals surface area (Å²) < 4.78 is 37.2. The van der Waals surface area contributed by atoms with Crippen molar-refractivity contribution in [3.8, 4) is 0 Å². The maximum Gasteiger partial charge on any atom is 0.418 e. The van der Waals surface area contributed by atoms with Gasteiger partial charge in [-0.25, -0.2) is 4.98 Å². The van der Waals surface area contributed by atoms with E-state index in [1.165, 1.54) is 0 Å². The molecule has 0 bridgehead atoms. The maximum atomic E-state index is 12.4. The van der Waals surface area contributed by atoms with Crippen molar-refractivity contribution >= 4 is 29.2 Å². The van der Waals surface area contributed by atoms with Crippen molar-refractivity contribution in [3.63, 3.8) is 0 Å². The van der Waals surface area contributed by atoms with Gasteiger partial charge in [0.05, 0.1) is 16.6 Å². The number of hydrogen-bond donors (Lipinski definition) is 0. The second-order valence-corrected chi connectivity index (χ2v) is 3.20. The fraction of sp³-hybridized carbons (Fsp3) is 0.143. The van der Waals surface area contributed by atoms with Gasteiger partial charge in [0.25, 0.3) is 0 Å². The molecule has 0 amide bonds. The summed E-state index contributed by atoms with van der Waals surface area (Å²) in [4.78, 5) is 13.6. The minimum atomic E-state index is -4.93. The molecule has 0 saturated heterocycles. The van der Waals surface area contributed by atoms with Crippen molar-refractivity contribution in [2.24, 2.45) is 0 Å². The molecule has 0 N–H and O–H groups in total. The number of carboxylic acids is 1. The summed E-state index contributed by atoms with van der Waals surface area (Å²) in [6, 6.07) is 0. The predicted octanol–water partition coefficient (Wildman–Crippen LogP) is 1.77. The first kappa shape index (κ1) is 12.1. The molecule has 0 aliphatic carbocycles. The third-order valence-corrected chi connectivity index (χ3v) is 2.05. The first-order valence-electron chi connectivity index (χ1n) is 3.37. The Morgan fingerprint density at radius 2 is 1.93 bits per heavy atom. The Bertz CT molecular complexity index is 419. The molecular weight excluding hydrogens is 258 g/mol. The van der Waals surface area contributed by atoms with Gasteiger partial charge in [-0.15, -0.1) is 0 Å². The average Bonchev–Trinajstić information content (AvgIpc) is 2.05. The van der Waals surface area contributed by atoms with E-state index in [4.69, 9.17) is 23.2 Å². The number of nitrogens with zero attached hydrogens (tertiary/aromatic N) is 1. The Balaban J connectivity index is 3.60. The van der Waals surface area contributed by atoms with Crippen molar-refractivity contribution in [2.45, 2.75) is 6.18 Å². The van der Waals surface area contributed by atoms with E-state index >= 15 is 0 Å². The highest BCUT2D eigenvalue weighted by Gasteiger charge is 2.37. The fourth-order valence-electron chi connectivity index (χ4n) is 0.928. The van der Waals surface area contributed by atoms with E-state index in [1.54, 1.807) is 0 Å². The van der Waals surface area contributed by atoms with Crippen LogP contribution in [0.3, 0.4) is 0 Å². The first-order chi connectivity index (χ1) is 6.75. The Labute approximate surface area is 91.4 Å². The summed E-state index contributed by atoms with van der Waals surface area (Å²) in [5, 5.41) is 8.79. The monoisotopic (exact) mass is 258 g/mol. The lowest BCUT2D eigenvalue weighted by molar-refractivity contribution is -0.255. The Kier molecular flexibility index (Phi) is 3.11. The SMILES string of the molecule is O=C([O-])c1c(Cl)ncc(Cl)c1C(F)(F)F. The number of alkyl halides is 3. The van der Waals surface area contributed by atoms with E-state index in [0.717, 1.165) is 0 Å². The average molecular weight is 259 g/mol. The topological polar surface area (TPSA) is 53.0 Å². The molecule has 0 atom stereocenters. The van der Waals surface area contributed by atoms with Crippen LogP contribution in [0.25, 0.3) is 0 Å². The van der Waals surface area contributed by atoms with Crippen molar-refractivity contribution in [3.05, 3.63) is 27.5 Å². The summed E-state index contributed by atoms with van der Waals surface area (Å²) in [7, 11) is 0. The quantitative estimate of drug-likeness (QED) is 0.722. The lowest BCUT2D eigenvalue weighted by Gasteiger charge is -2.15. The predicted molar refractivity (Wildman–Crippen MR) is 43.6 cm³/mol. The molecule has 15 heavy (non-hydrogen) atoms. The number of halogens is 5. The molecule has 82 valence electrons. The van der Waals surface area contributed by atoms with Crippen LogP contribution >= 0.6 is 23.2 Å². The lowest BCUT2D eigenvalue weighted by Crippen LogP contribution is -2.27. The number of carbonyl (C=O) groups excluding carboxylic acids is 1. The number of pyridine rings is 1. The van der Waals surface area contributed by atoms with Crippen LogP contribution in [0.4, 0.5) is 13.2 Å². The standard InChI is InChI=1S/C7H2Cl2F3NO2/c8-2-1-13-5(9)3(6(14)15)4(2)7(10,11)12/h1H,(H,14,15)/p-1. The van der Waals surface area contributed by atoms with Crippen LogP contribution in [-0.4, -0.2) is 11.0 Å². The van der Waals surface area contributed by atoms with Crippen molar-refractivity contribution in [1.29, 1.82) is 0 Å². The van der Waals surface area contributed by atoms with Crippen molar-refractivity contribution in [2.75, 3.05) is 0 Å². The van der Waals surface area contributed by atoms with Gasteiger partial charge in [0, 0.05) is 11.8 Å². The summed E-state index contributed by atoms with van der Waals surface area (Å²) in [5.41, 5.74) is -2.80. The zero-order valence-corrected chi connectivity index (χ0v) is 8.24. The van der Waals surface area contributed by atoms with Gasteiger partial charge in [0.1, 0.15) is 5.15 Å². The molecule has 0 aliphatic rings. The number of aromatic carboxylic acids is 1. The van der Waals surface area contributed by atoms with Gasteiger partial charge in [-0.2, -0.15) is 13.2 Å². The number of carboxylic acid groups (broad SMARTS) is 1. The second-order valence-electron chi connectivity index (χ2n) is 2.43. The molecule has 0 aromatic carbocycles. The molecule has 0 radical (unpaired) electrons. The van der Waals surface area contributed by atoms with E-state index in [-0.39, 0.29) is 0 Å². The highest BCUT2D eigenvalue weighted by Crippen LogP contribution is 2.38. The fourth-order valence-corrected chi connectivity index (χ4v) is 1.40. The van der Waals surface area contributed by atoms with Crippen LogP contribution < -0.4 is 5.11 Å². The van der Waals surface area contributed by atoms with E-state index in [1.807, 2.05) is 0 Å². The van der Waals surface area contributed by atoms with E-state index < -0.39 is 33.4 Å². The van der Waals surface area contributed by atoms with Gasteiger partial charge in [-0.3, -0.25) is 0 Å². The second kappa shape index (κ2) is 3.86. The van der Waals surface area contributed by atoms with Crippen molar-refractivity contribution in [1.82, 2.24) is 4.98 Å². The van der Waals surface area contributed by atoms with E-state index in [9.17, 15) is 23.1 Å². The van der Waals surface area contributed by atoms with Crippen LogP contribution in [0.5, 0.6) is 0 Å². The van der Waals surface area contributed by atoms with Gasteiger partial charge in [0.2, 0.25) is 0 Å². The summed E-state index contributed by atoms with van der Waals surface area (Å²) in [6.07, 6.45) is -4.31. The molecular formula is C7HCl2F3NO2-. The molecule has 0 unspecified atom stereocenters. The van der Waals surface area contributed by atoms with Crippen LogP contribution in [0, 0.1) is 0 Å². The number of hydrogen-bond acceptors (Lipinski definition) is 3. The highest BCUT2D eigenvalue weighted by molar-refractivity contribution is 6.35. The third kappa shape index (κ3) is 2.32. The van der Waals surface area contributed by atoms with Gasteiger partial charge in [0.15, 0.2) is 0 Å². The van der Waals surface area contributed by atoms with Gasteiger partial charge in [-0.1, -0.05) is 23.2 Å². The minimum absolute atomic E-state index is 0.624. The molecule has 0 aliphatic heterocycles. The number of rotatable bonds is 1. The van der Waals surface area contributed by atoms with Gasteiger partial charge >= 0.3 is 6.18 Å². The maximum absolute atomic E-state index is 12.4. The van der Waals surface area contributed by atoms with Crippen molar-refractivity contribution < 1.29 is 23.1 Å². The van der Waals surface area contributed by atoms with E-state index in [2.05, 4.69) is 4.98 Å². The molecule has 1 aromatic heterocycles. The molecule has 3 nitrogen and oxygen atoms in total. The first-order valence-corrected chi connectivity index (χ1v) is 4.13. The number of carbonyl (C=O) groups is 1. The smallest absolute Gasteiger partial charge is 0.418 e. The molecule has 0 spiro atoms. The van der Waals surface area contributed by atoms with Crippen LogP contribution in [-0.2, 0) is 6.18 Å². The van der Waals surface area contributed by atoms with Crippen LogP contribution in [0.15, 0.2) is 6.20 Å². The normalized spacial score (nSPS) is 11.5. The van der Waals surface area contributed by atoms with Crippen LogP contribution in [0.1, 0.15) is 15.9 Å². The summed E-state index contributed by atoms with van der Waals surface area (Å²) >= 11 is 10.4. The van der Waals surface area contributed by atoms with Crippen LogP contribution in [0.2, 0.25) is 10.2 Å². The summed E-state index contributed by atoms with van der Waals surface area (Å²) in [6.45, 7) is 0. The lowest BCUT2D eigenvalue weighted by atomic mass is 10.1. The van der Waals surface area contributed by atoms with Gasteiger partial charge in [-0.05, 0) is 0 Å². The molecule has 8 heteroatoms. The Morgan fingerprint density at radius 3 is 2.27 bits per heavy atom. The number of aromatic nitrogens is 1. The zero-order valence-electron chi connectivity index (χ0n) is 6.73. The molecule has 1 aromatic rings.